The third kappa shape index (κ3) is 2.72. The van der Waals surface area contributed by atoms with Gasteiger partial charge in [-0.1, -0.05) is 12.1 Å². The molecule has 2 unspecified atom stereocenters. The molecule has 2 atom stereocenters. The Kier molecular flexibility index (Phi) is 3.52. The summed E-state index contributed by atoms with van der Waals surface area (Å²) in [6.45, 7) is 0. The van der Waals surface area contributed by atoms with Crippen LogP contribution in [0.5, 0.6) is 0 Å². The van der Waals surface area contributed by atoms with Gasteiger partial charge in [-0.15, -0.1) is 0 Å². The minimum Gasteiger partial charge on any atom is -0.444 e. The van der Waals surface area contributed by atoms with Gasteiger partial charge < -0.3 is 15.5 Å². The smallest absolute Gasteiger partial charge is 0.227 e. The quantitative estimate of drug-likeness (QED) is 0.898. The molecule has 0 bridgehead atoms. The monoisotopic (exact) mass is 271 g/mol. The highest BCUT2D eigenvalue weighted by Gasteiger charge is 2.27. The predicted molar refractivity (Wildman–Crippen MR) is 75.9 cm³/mol. The molecule has 0 saturated heterocycles. The average molecular weight is 271 g/mol. The van der Waals surface area contributed by atoms with Crippen molar-refractivity contribution >= 4 is 11.6 Å². The summed E-state index contributed by atoms with van der Waals surface area (Å²) in [5, 5.41) is 2.95. The Morgan fingerprint density at radius 1 is 1.40 bits per heavy atom. The van der Waals surface area contributed by atoms with Gasteiger partial charge in [0.05, 0.1) is 6.20 Å². The summed E-state index contributed by atoms with van der Waals surface area (Å²) in [6, 6.07) is 7.71. The van der Waals surface area contributed by atoms with Crippen molar-refractivity contribution in [1.82, 2.24) is 4.98 Å². The number of hydrogen-bond acceptors (Lipinski definition) is 4. The standard InChI is InChI=1S/C15H17N3O2/c16-12-5-4-11(6-12)15(19)18-13-3-1-2-10(7-13)14-8-17-9-20-14/h1-3,7-9,11-12H,4-6,16H2,(H,18,19). The number of rotatable bonds is 3. The zero-order chi connectivity index (χ0) is 13.9. The second-order valence-electron chi connectivity index (χ2n) is 5.21. The van der Waals surface area contributed by atoms with Crippen LogP contribution in [0.15, 0.2) is 41.3 Å². The van der Waals surface area contributed by atoms with Crippen molar-refractivity contribution < 1.29 is 9.21 Å². The second kappa shape index (κ2) is 5.46. The minimum atomic E-state index is 0.0268. The Labute approximate surface area is 117 Å². The summed E-state index contributed by atoms with van der Waals surface area (Å²) >= 11 is 0. The third-order valence-corrected chi connectivity index (χ3v) is 3.69. The topological polar surface area (TPSA) is 81.2 Å². The highest BCUT2D eigenvalue weighted by atomic mass is 16.3. The summed E-state index contributed by atoms with van der Waals surface area (Å²) < 4.78 is 5.25. The molecule has 1 aromatic carbocycles. The van der Waals surface area contributed by atoms with Crippen molar-refractivity contribution in [2.24, 2.45) is 11.7 Å². The highest BCUT2D eigenvalue weighted by molar-refractivity contribution is 5.93. The van der Waals surface area contributed by atoms with Gasteiger partial charge in [0.2, 0.25) is 5.91 Å². The molecule has 1 fully saturated rings. The molecule has 20 heavy (non-hydrogen) atoms. The van der Waals surface area contributed by atoms with Gasteiger partial charge >= 0.3 is 0 Å². The predicted octanol–water partition coefficient (Wildman–Crippen LogP) is 2.41. The number of aromatic nitrogens is 1. The van der Waals surface area contributed by atoms with Crippen molar-refractivity contribution in [3.8, 4) is 11.3 Å². The van der Waals surface area contributed by atoms with Crippen molar-refractivity contribution in [3.63, 3.8) is 0 Å². The first-order valence-corrected chi connectivity index (χ1v) is 6.78. The summed E-state index contributed by atoms with van der Waals surface area (Å²) in [5.74, 6) is 0.760. The van der Waals surface area contributed by atoms with Crippen LogP contribution >= 0.6 is 0 Å². The number of amides is 1. The number of nitrogens with two attached hydrogens (primary N) is 1. The highest BCUT2D eigenvalue weighted by Crippen LogP contribution is 2.27. The number of benzene rings is 1. The van der Waals surface area contributed by atoms with E-state index in [1.54, 1.807) is 6.20 Å². The zero-order valence-electron chi connectivity index (χ0n) is 11.1. The van der Waals surface area contributed by atoms with E-state index in [1.807, 2.05) is 24.3 Å². The lowest BCUT2D eigenvalue weighted by Gasteiger charge is -2.11. The molecule has 1 heterocycles. The Balaban J connectivity index is 1.71. The van der Waals surface area contributed by atoms with Crippen LogP contribution in [0.4, 0.5) is 5.69 Å². The Hall–Kier alpha value is -2.14. The third-order valence-electron chi connectivity index (χ3n) is 3.69. The largest absolute Gasteiger partial charge is 0.444 e. The number of nitrogens with zero attached hydrogens (tertiary/aromatic N) is 1. The molecule has 1 aliphatic carbocycles. The molecule has 5 heteroatoms. The summed E-state index contributed by atoms with van der Waals surface area (Å²) in [6.07, 6.45) is 5.61. The SMILES string of the molecule is NC1CCC(C(=O)Nc2cccc(-c3cnco3)c2)C1. The summed E-state index contributed by atoms with van der Waals surface area (Å²) in [7, 11) is 0. The lowest BCUT2D eigenvalue weighted by molar-refractivity contribution is -0.119. The van der Waals surface area contributed by atoms with Crippen molar-refractivity contribution in [2.75, 3.05) is 5.32 Å². The van der Waals surface area contributed by atoms with Gasteiger partial charge in [0.25, 0.3) is 0 Å². The van der Waals surface area contributed by atoms with Gasteiger partial charge in [0, 0.05) is 23.2 Å². The molecule has 1 aliphatic rings. The van der Waals surface area contributed by atoms with Crippen LogP contribution in [0, 0.1) is 5.92 Å². The molecule has 1 amide bonds. The fourth-order valence-corrected chi connectivity index (χ4v) is 2.61. The number of hydrogen-bond donors (Lipinski definition) is 2. The zero-order valence-corrected chi connectivity index (χ0v) is 11.1. The maximum absolute atomic E-state index is 12.2. The van der Waals surface area contributed by atoms with Crippen molar-refractivity contribution in [1.29, 1.82) is 0 Å². The summed E-state index contributed by atoms with van der Waals surface area (Å²) in [5.41, 5.74) is 7.51. The van der Waals surface area contributed by atoms with E-state index in [0.717, 1.165) is 30.5 Å². The van der Waals surface area contributed by atoms with E-state index in [0.29, 0.717) is 5.76 Å². The van der Waals surface area contributed by atoms with Crippen LogP contribution in [0.2, 0.25) is 0 Å². The minimum absolute atomic E-state index is 0.0268. The van der Waals surface area contributed by atoms with Gasteiger partial charge in [-0.2, -0.15) is 0 Å². The molecule has 2 aromatic rings. The normalized spacial score (nSPS) is 21.9. The van der Waals surface area contributed by atoms with Gasteiger partial charge in [0.15, 0.2) is 12.2 Å². The molecule has 3 N–H and O–H groups in total. The van der Waals surface area contributed by atoms with E-state index >= 15 is 0 Å². The van der Waals surface area contributed by atoms with Crippen molar-refractivity contribution in [2.45, 2.75) is 25.3 Å². The fourth-order valence-electron chi connectivity index (χ4n) is 2.61. The first-order valence-electron chi connectivity index (χ1n) is 6.78. The van der Waals surface area contributed by atoms with Gasteiger partial charge in [-0.05, 0) is 31.4 Å². The van der Waals surface area contributed by atoms with E-state index < -0.39 is 0 Å². The maximum Gasteiger partial charge on any atom is 0.227 e. The Morgan fingerprint density at radius 3 is 3.00 bits per heavy atom. The van der Waals surface area contributed by atoms with Crippen LogP contribution in [-0.2, 0) is 4.79 Å². The molecule has 104 valence electrons. The van der Waals surface area contributed by atoms with Crippen LogP contribution in [0.3, 0.4) is 0 Å². The molecule has 1 saturated carbocycles. The molecular formula is C15H17N3O2. The van der Waals surface area contributed by atoms with Crippen LogP contribution < -0.4 is 11.1 Å². The molecule has 5 nitrogen and oxygen atoms in total. The van der Waals surface area contributed by atoms with Gasteiger partial charge in [-0.3, -0.25) is 4.79 Å². The first kappa shape index (κ1) is 12.9. The maximum atomic E-state index is 12.2. The fraction of sp³-hybridized carbons (Fsp3) is 0.333. The number of nitrogens with one attached hydrogen (secondary N) is 1. The van der Waals surface area contributed by atoms with E-state index in [2.05, 4.69) is 10.3 Å². The van der Waals surface area contributed by atoms with E-state index in [-0.39, 0.29) is 17.9 Å². The molecule has 1 aromatic heterocycles. The molecule has 0 radical (unpaired) electrons. The molecular weight excluding hydrogens is 254 g/mol. The molecule has 3 rings (SSSR count). The van der Waals surface area contributed by atoms with E-state index in [1.165, 1.54) is 6.39 Å². The Bertz CT molecular complexity index is 595. The number of carbonyl (C=O) groups excluding carboxylic acids is 1. The molecule has 0 spiro atoms. The average Bonchev–Trinajstić information content (AvgIpc) is 3.10. The number of carbonyl (C=O) groups is 1. The second-order valence-corrected chi connectivity index (χ2v) is 5.21. The summed E-state index contributed by atoms with van der Waals surface area (Å²) in [4.78, 5) is 16.0. The van der Waals surface area contributed by atoms with Gasteiger partial charge in [0.1, 0.15) is 0 Å². The number of anilines is 1. The first-order chi connectivity index (χ1) is 9.72. The number of oxazole rings is 1. The molecule has 0 aliphatic heterocycles. The van der Waals surface area contributed by atoms with Crippen molar-refractivity contribution in [3.05, 3.63) is 36.9 Å². The van der Waals surface area contributed by atoms with Gasteiger partial charge in [-0.25, -0.2) is 4.98 Å². The Morgan fingerprint density at radius 2 is 2.30 bits per heavy atom. The lowest BCUT2D eigenvalue weighted by Crippen LogP contribution is -2.23. The van der Waals surface area contributed by atoms with E-state index in [9.17, 15) is 4.79 Å². The van der Waals surface area contributed by atoms with E-state index in [4.69, 9.17) is 10.2 Å². The lowest BCUT2D eigenvalue weighted by atomic mass is 10.1. The van der Waals surface area contributed by atoms with Crippen LogP contribution in [0.1, 0.15) is 19.3 Å². The van der Waals surface area contributed by atoms with Crippen LogP contribution in [0.25, 0.3) is 11.3 Å². The van der Waals surface area contributed by atoms with Crippen LogP contribution in [-0.4, -0.2) is 16.9 Å².